The predicted molar refractivity (Wildman–Crippen MR) is 112 cm³/mol. The van der Waals surface area contributed by atoms with Crippen LogP contribution in [0, 0.1) is 0 Å². The first kappa shape index (κ1) is 19.6. The first-order valence-corrected chi connectivity index (χ1v) is 9.39. The summed E-state index contributed by atoms with van der Waals surface area (Å²) in [6.07, 6.45) is 2.15. The minimum absolute atomic E-state index is 0.133. The molecule has 148 valence electrons. The van der Waals surface area contributed by atoms with E-state index in [0.29, 0.717) is 29.1 Å². The average Bonchev–Trinajstić information content (AvgIpc) is 2.72. The van der Waals surface area contributed by atoms with Crippen LogP contribution < -0.4 is 25.1 Å². The van der Waals surface area contributed by atoms with Gasteiger partial charge in [-0.1, -0.05) is 13.3 Å². The van der Waals surface area contributed by atoms with Gasteiger partial charge in [-0.15, -0.1) is 0 Å². The second-order valence-electron chi connectivity index (χ2n) is 6.50. The fourth-order valence-corrected chi connectivity index (χ4v) is 2.91. The molecule has 6 heteroatoms. The second-order valence-corrected chi connectivity index (χ2v) is 6.50. The van der Waals surface area contributed by atoms with Crippen LogP contribution in [0.1, 0.15) is 25.3 Å². The predicted octanol–water partition coefficient (Wildman–Crippen LogP) is 4.34. The van der Waals surface area contributed by atoms with Crippen LogP contribution in [0.15, 0.2) is 47.3 Å². The third kappa shape index (κ3) is 4.57. The number of hydrogen-bond donors (Lipinski definition) is 2. The Bertz CT molecular complexity index is 980. The molecule has 0 fully saturated rings. The highest BCUT2D eigenvalue weighted by atomic mass is 16.5. The number of anilines is 1. The molecule has 0 saturated heterocycles. The van der Waals surface area contributed by atoms with Crippen LogP contribution in [0.3, 0.4) is 0 Å². The zero-order chi connectivity index (χ0) is 19.9. The third-order valence-electron chi connectivity index (χ3n) is 4.53. The average molecular weight is 382 g/mol. The second kappa shape index (κ2) is 9.17. The number of methoxy groups -OCH3 is 2. The standard InChI is InChI=1S/C22H26N2O4/c1-4-5-10-28-18-8-6-17(7-9-18)23-14-16-11-15-12-20(26-2)21(27-3)13-19(15)24-22(16)25/h6-9,11-13,23H,4-5,10,14H2,1-3H3,(H,24,25). The van der Waals surface area contributed by atoms with Gasteiger partial charge >= 0.3 is 0 Å². The van der Waals surface area contributed by atoms with E-state index in [1.807, 2.05) is 36.4 Å². The molecule has 0 aliphatic carbocycles. The molecule has 2 aromatic carbocycles. The minimum Gasteiger partial charge on any atom is -0.494 e. The highest BCUT2D eigenvalue weighted by molar-refractivity contribution is 5.83. The van der Waals surface area contributed by atoms with Gasteiger partial charge in [-0.2, -0.15) is 0 Å². The topological polar surface area (TPSA) is 72.6 Å². The van der Waals surface area contributed by atoms with Crippen molar-refractivity contribution in [2.45, 2.75) is 26.3 Å². The van der Waals surface area contributed by atoms with Crippen LogP contribution in [0.4, 0.5) is 5.69 Å². The first-order valence-electron chi connectivity index (χ1n) is 9.39. The van der Waals surface area contributed by atoms with Crippen molar-refractivity contribution < 1.29 is 14.2 Å². The lowest BCUT2D eigenvalue weighted by Gasteiger charge is -2.11. The number of hydrogen-bond acceptors (Lipinski definition) is 5. The number of aromatic amines is 1. The fourth-order valence-electron chi connectivity index (χ4n) is 2.91. The molecule has 6 nitrogen and oxygen atoms in total. The summed E-state index contributed by atoms with van der Waals surface area (Å²) < 4.78 is 16.3. The third-order valence-corrected chi connectivity index (χ3v) is 4.53. The van der Waals surface area contributed by atoms with Crippen LogP contribution in [-0.4, -0.2) is 25.8 Å². The monoisotopic (exact) mass is 382 g/mol. The lowest BCUT2D eigenvalue weighted by Crippen LogP contribution is -2.15. The highest BCUT2D eigenvalue weighted by Crippen LogP contribution is 2.31. The number of pyridine rings is 1. The van der Waals surface area contributed by atoms with Crippen LogP contribution in [-0.2, 0) is 6.54 Å². The van der Waals surface area contributed by atoms with E-state index in [4.69, 9.17) is 14.2 Å². The van der Waals surface area contributed by atoms with Gasteiger partial charge in [0.2, 0.25) is 0 Å². The molecule has 0 saturated carbocycles. The number of ether oxygens (including phenoxy) is 3. The van der Waals surface area contributed by atoms with Crippen molar-refractivity contribution in [3.05, 3.63) is 58.4 Å². The van der Waals surface area contributed by atoms with Crippen molar-refractivity contribution in [1.82, 2.24) is 4.98 Å². The fraction of sp³-hybridized carbons (Fsp3) is 0.318. The van der Waals surface area contributed by atoms with E-state index in [2.05, 4.69) is 17.2 Å². The van der Waals surface area contributed by atoms with Gasteiger partial charge in [0.15, 0.2) is 11.5 Å². The molecule has 0 radical (unpaired) electrons. The normalized spacial score (nSPS) is 10.7. The van der Waals surface area contributed by atoms with Crippen LogP contribution in [0.5, 0.6) is 17.2 Å². The van der Waals surface area contributed by atoms with Crippen molar-refractivity contribution in [2.24, 2.45) is 0 Å². The Kier molecular flexibility index (Phi) is 6.42. The van der Waals surface area contributed by atoms with Gasteiger partial charge < -0.3 is 24.5 Å². The number of H-pyrrole nitrogens is 1. The van der Waals surface area contributed by atoms with Crippen LogP contribution in [0.2, 0.25) is 0 Å². The van der Waals surface area contributed by atoms with Crippen LogP contribution >= 0.6 is 0 Å². The number of rotatable bonds is 9. The maximum absolute atomic E-state index is 12.4. The zero-order valence-corrected chi connectivity index (χ0v) is 16.5. The number of fused-ring (bicyclic) bond motifs is 1. The Morgan fingerprint density at radius 2 is 1.71 bits per heavy atom. The Morgan fingerprint density at radius 1 is 1.00 bits per heavy atom. The summed E-state index contributed by atoms with van der Waals surface area (Å²) >= 11 is 0. The quantitative estimate of drug-likeness (QED) is 0.539. The molecule has 1 heterocycles. The Hall–Kier alpha value is -3.15. The molecule has 28 heavy (non-hydrogen) atoms. The maximum atomic E-state index is 12.4. The van der Waals surface area contributed by atoms with Gasteiger partial charge in [0.25, 0.3) is 5.56 Å². The van der Waals surface area contributed by atoms with Crippen molar-refractivity contribution in [3.8, 4) is 17.2 Å². The van der Waals surface area contributed by atoms with Crippen molar-refractivity contribution in [1.29, 1.82) is 0 Å². The number of aromatic nitrogens is 1. The molecule has 0 aliphatic heterocycles. The molecule has 0 amide bonds. The summed E-state index contributed by atoms with van der Waals surface area (Å²) in [5, 5.41) is 4.16. The maximum Gasteiger partial charge on any atom is 0.253 e. The number of benzene rings is 2. The number of unbranched alkanes of at least 4 members (excludes halogenated alkanes) is 1. The van der Waals surface area contributed by atoms with Gasteiger partial charge in [0.1, 0.15) is 5.75 Å². The van der Waals surface area contributed by atoms with E-state index in [-0.39, 0.29) is 5.56 Å². The summed E-state index contributed by atoms with van der Waals surface area (Å²) in [7, 11) is 3.16. The molecule has 3 rings (SSSR count). The van der Waals surface area contributed by atoms with E-state index in [0.717, 1.165) is 36.3 Å². The van der Waals surface area contributed by atoms with Gasteiger partial charge in [-0.3, -0.25) is 4.79 Å². The molecule has 1 aromatic heterocycles. The molecule has 0 bridgehead atoms. The summed E-state index contributed by atoms with van der Waals surface area (Å²) in [5.41, 5.74) is 2.14. The molecule has 0 atom stereocenters. The molecule has 2 N–H and O–H groups in total. The molecule has 0 aliphatic rings. The minimum atomic E-state index is -0.133. The van der Waals surface area contributed by atoms with E-state index in [9.17, 15) is 4.79 Å². The Balaban J connectivity index is 1.73. The largest absolute Gasteiger partial charge is 0.494 e. The molecular formula is C22H26N2O4. The van der Waals surface area contributed by atoms with Gasteiger partial charge in [0.05, 0.1) is 26.3 Å². The lowest BCUT2D eigenvalue weighted by molar-refractivity contribution is 0.309. The van der Waals surface area contributed by atoms with Crippen LogP contribution in [0.25, 0.3) is 10.9 Å². The SMILES string of the molecule is CCCCOc1ccc(NCc2cc3cc(OC)c(OC)cc3[nH]c2=O)cc1. The lowest BCUT2D eigenvalue weighted by atomic mass is 10.1. The Morgan fingerprint density at radius 3 is 2.39 bits per heavy atom. The van der Waals surface area contributed by atoms with E-state index >= 15 is 0 Å². The highest BCUT2D eigenvalue weighted by Gasteiger charge is 2.09. The van der Waals surface area contributed by atoms with Gasteiger partial charge in [-0.05, 0) is 42.8 Å². The molecule has 0 unspecified atom stereocenters. The number of nitrogens with one attached hydrogen (secondary N) is 2. The zero-order valence-electron chi connectivity index (χ0n) is 16.5. The first-order chi connectivity index (χ1) is 13.6. The van der Waals surface area contributed by atoms with Crippen molar-refractivity contribution >= 4 is 16.6 Å². The smallest absolute Gasteiger partial charge is 0.253 e. The van der Waals surface area contributed by atoms with E-state index < -0.39 is 0 Å². The van der Waals surface area contributed by atoms with Crippen molar-refractivity contribution in [3.63, 3.8) is 0 Å². The summed E-state index contributed by atoms with van der Waals surface area (Å²) in [5.74, 6) is 2.06. The van der Waals surface area contributed by atoms with Crippen molar-refractivity contribution in [2.75, 3.05) is 26.1 Å². The molecule has 3 aromatic rings. The summed E-state index contributed by atoms with van der Waals surface area (Å²) in [6.45, 7) is 3.27. The Labute approximate surface area is 164 Å². The summed E-state index contributed by atoms with van der Waals surface area (Å²) in [4.78, 5) is 15.3. The molecular weight excluding hydrogens is 356 g/mol. The van der Waals surface area contributed by atoms with E-state index in [1.54, 1.807) is 20.3 Å². The van der Waals surface area contributed by atoms with Gasteiger partial charge in [-0.25, -0.2) is 0 Å². The van der Waals surface area contributed by atoms with Gasteiger partial charge in [0, 0.05) is 29.2 Å². The molecule has 0 spiro atoms. The van der Waals surface area contributed by atoms with E-state index in [1.165, 1.54) is 0 Å². The summed E-state index contributed by atoms with van der Waals surface area (Å²) in [6, 6.07) is 13.2.